The van der Waals surface area contributed by atoms with Crippen molar-refractivity contribution < 1.29 is 13.9 Å². The number of carbonyl (C=O) groups excluding carboxylic acids is 1. The highest BCUT2D eigenvalue weighted by molar-refractivity contribution is 7.13. The first-order valence-electron chi connectivity index (χ1n) is 10.9. The number of anilines is 1. The molecule has 0 atom stereocenters. The summed E-state index contributed by atoms with van der Waals surface area (Å²) in [5, 5.41) is 9.47. The first kappa shape index (κ1) is 23.1. The monoisotopic (exact) mass is 498 g/mol. The standard InChI is InChI=1S/C27H19FN4O3S/c1-35-23-15-24(33)32(17-9-3-2-4-10-17)31-25(23)26(34)29-21-14-8-6-12-19(21)22-16-36-27(30-22)18-11-5-7-13-20(18)28/h2-16H,1H3,(H,29,34). The van der Waals surface area contributed by atoms with Gasteiger partial charge in [0.2, 0.25) is 0 Å². The summed E-state index contributed by atoms with van der Waals surface area (Å²) in [4.78, 5) is 30.5. The number of para-hydroxylation sites is 2. The Morgan fingerprint density at radius 2 is 1.67 bits per heavy atom. The van der Waals surface area contributed by atoms with E-state index in [9.17, 15) is 14.0 Å². The predicted molar refractivity (Wildman–Crippen MR) is 137 cm³/mol. The number of hydrogen-bond donors (Lipinski definition) is 1. The third-order valence-electron chi connectivity index (χ3n) is 5.39. The molecule has 7 nitrogen and oxygen atoms in total. The maximum atomic E-state index is 14.2. The van der Waals surface area contributed by atoms with Crippen molar-refractivity contribution in [2.75, 3.05) is 12.4 Å². The normalized spacial score (nSPS) is 10.7. The van der Waals surface area contributed by atoms with Crippen LogP contribution in [0, 0.1) is 5.82 Å². The molecule has 0 bridgehead atoms. The average molecular weight is 499 g/mol. The number of hydrogen-bond acceptors (Lipinski definition) is 6. The van der Waals surface area contributed by atoms with Crippen molar-refractivity contribution in [2.45, 2.75) is 0 Å². The van der Waals surface area contributed by atoms with Crippen molar-refractivity contribution >= 4 is 22.9 Å². The fourth-order valence-electron chi connectivity index (χ4n) is 3.66. The highest BCUT2D eigenvalue weighted by Crippen LogP contribution is 2.34. The lowest BCUT2D eigenvalue weighted by Gasteiger charge is -2.13. The molecule has 5 aromatic rings. The number of halogens is 1. The van der Waals surface area contributed by atoms with Crippen LogP contribution >= 0.6 is 11.3 Å². The Morgan fingerprint density at radius 3 is 2.42 bits per heavy atom. The Hall–Kier alpha value is -4.63. The quantitative estimate of drug-likeness (QED) is 0.338. The van der Waals surface area contributed by atoms with Gasteiger partial charge in [0, 0.05) is 16.5 Å². The minimum absolute atomic E-state index is 0.0534. The van der Waals surface area contributed by atoms with Crippen molar-refractivity contribution in [3.63, 3.8) is 0 Å². The van der Waals surface area contributed by atoms with Crippen LogP contribution in [0.15, 0.2) is 95.1 Å². The Kier molecular flexibility index (Phi) is 6.38. The van der Waals surface area contributed by atoms with E-state index in [2.05, 4.69) is 15.4 Å². The summed E-state index contributed by atoms with van der Waals surface area (Å²) >= 11 is 1.31. The van der Waals surface area contributed by atoms with E-state index in [4.69, 9.17) is 4.74 Å². The van der Waals surface area contributed by atoms with Crippen molar-refractivity contribution in [2.24, 2.45) is 0 Å². The maximum absolute atomic E-state index is 14.2. The topological polar surface area (TPSA) is 86.1 Å². The molecule has 1 amide bonds. The molecule has 0 fully saturated rings. The molecule has 0 unspecified atom stereocenters. The first-order chi connectivity index (χ1) is 17.5. The minimum atomic E-state index is -0.562. The van der Waals surface area contributed by atoms with Gasteiger partial charge in [0.25, 0.3) is 11.5 Å². The highest BCUT2D eigenvalue weighted by atomic mass is 32.1. The summed E-state index contributed by atoms with van der Waals surface area (Å²) in [6.45, 7) is 0. The van der Waals surface area contributed by atoms with Gasteiger partial charge in [0.1, 0.15) is 10.8 Å². The van der Waals surface area contributed by atoms with Crippen molar-refractivity contribution in [1.29, 1.82) is 0 Å². The molecular weight excluding hydrogens is 479 g/mol. The number of nitrogens with one attached hydrogen (secondary N) is 1. The van der Waals surface area contributed by atoms with E-state index in [0.29, 0.717) is 33.2 Å². The molecule has 3 aromatic carbocycles. The molecule has 0 aliphatic rings. The lowest BCUT2D eigenvalue weighted by atomic mass is 10.1. The van der Waals surface area contributed by atoms with E-state index in [-0.39, 0.29) is 17.3 Å². The number of benzene rings is 3. The number of amides is 1. The van der Waals surface area contributed by atoms with Crippen LogP contribution in [0.5, 0.6) is 5.75 Å². The van der Waals surface area contributed by atoms with Gasteiger partial charge in [-0.15, -0.1) is 11.3 Å². The predicted octanol–water partition coefficient (Wildman–Crippen LogP) is 5.42. The Bertz CT molecular complexity index is 1620. The first-order valence-corrected chi connectivity index (χ1v) is 11.8. The number of nitrogens with zero attached hydrogens (tertiary/aromatic N) is 3. The van der Waals surface area contributed by atoms with E-state index < -0.39 is 11.5 Å². The molecular formula is C27H19FN4O3S. The third kappa shape index (κ3) is 4.51. The molecule has 0 aliphatic heterocycles. The smallest absolute Gasteiger partial charge is 0.280 e. The van der Waals surface area contributed by atoms with Crippen LogP contribution in [0.25, 0.3) is 27.5 Å². The van der Waals surface area contributed by atoms with E-state index in [1.54, 1.807) is 60.0 Å². The zero-order chi connectivity index (χ0) is 25.1. The molecule has 0 aliphatic carbocycles. The summed E-state index contributed by atoms with van der Waals surface area (Å²) in [5.41, 5.74) is 2.16. The van der Waals surface area contributed by atoms with Crippen LogP contribution in [-0.2, 0) is 0 Å². The van der Waals surface area contributed by atoms with Gasteiger partial charge >= 0.3 is 0 Å². The molecule has 9 heteroatoms. The second-order valence-corrected chi connectivity index (χ2v) is 8.52. The average Bonchev–Trinajstić information content (AvgIpc) is 3.39. The summed E-state index contributed by atoms with van der Waals surface area (Å²) in [7, 11) is 1.37. The summed E-state index contributed by atoms with van der Waals surface area (Å²) in [5.74, 6) is -0.863. The van der Waals surface area contributed by atoms with Crippen molar-refractivity contribution in [1.82, 2.24) is 14.8 Å². The van der Waals surface area contributed by atoms with Gasteiger partial charge in [-0.3, -0.25) is 9.59 Å². The number of methoxy groups -OCH3 is 1. The number of rotatable bonds is 6. The van der Waals surface area contributed by atoms with Crippen LogP contribution in [0.2, 0.25) is 0 Å². The van der Waals surface area contributed by atoms with Gasteiger partial charge in [-0.2, -0.15) is 9.78 Å². The Morgan fingerprint density at radius 1 is 0.972 bits per heavy atom. The molecule has 2 aromatic heterocycles. The summed E-state index contributed by atoms with van der Waals surface area (Å²) in [6, 6.07) is 23.6. The molecule has 0 saturated heterocycles. The molecule has 36 heavy (non-hydrogen) atoms. The highest BCUT2D eigenvalue weighted by Gasteiger charge is 2.20. The molecule has 178 valence electrons. The lowest BCUT2D eigenvalue weighted by molar-refractivity contribution is 0.101. The minimum Gasteiger partial charge on any atom is -0.494 e. The summed E-state index contributed by atoms with van der Waals surface area (Å²) in [6.07, 6.45) is 0. The third-order valence-corrected chi connectivity index (χ3v) is 6.27. The van der Waals surface area contributed by atoms with Gasteiger partial charge in [0.15, 0.2) is 11.4 Å². The molecule has 2 heterocycles. The number of carbonyl (C=O) groups is 1. The molecule has 5 rings (SSSR count). The molecule has 0 saturated carbocycles. The van der Waals surface area contributed by atoms with Crippen LogP contribution in [0.3, 0.4) is 0 Å². The SMILES string of the molecule is COc1cc(=O)n(-c2ccccc2)nc1C(=O)Nc1ccccc1-c1csc(-c2ccccc2F)n1. The lowest BCUT2D eigenvalue weighted by Crippen LogP contribution is -2.26. The Balaban J connectivity index is 1.50. The zero-order valence-corrected chi connectivity index (χ0v) is 19.8. The second-order valence-electron chi connectivity index (χ2n) is 7.66. The van der Waals surface area contributed by atoms with Crippen LogP contribution in [0.1, 0.15) is 10.5 Å². The molecule has 0 radical (unpaired) electrons. The molecule has 0 spiro atoms. The van der Waals surface area contributed by atoms with Gasteiger partial charge in [-0.1, -0.05) is 48.5 Å². The van der Waals surface area contributed by atoms with E-state index >= 15 is 0 Å². The fourth-order valence-corrected chi connectivity index (χ4v) is 4.51. The maximum Gasteiger partial charge on any atom is 0.280 e. The van der Waals surface area contributed by atoms with Gasteiger partial charge in [-0.05, 0) is 30.3 Å². The number of ether oxygens (including phenoxy) is 1. The number of thiazole rings is 1. The van der Waals surface area contributed by atoms with Gasteiger partial charge in [-0.25, -0.2) is 9.37 Å². The van der Waals surface area contributed by atoms with E-state index in [1.165, 1.54) is 30.6 Å². The van der Waals surface area contributed by atoms with E-state index in [0.717, 1.165) is 4.68 Å². The second kappa shape index (κ2) is 9.93. The van der Waals surface area contributed by atoms with Gasteiger partial charge in [0.05, 0.1) is 30.2 Å². The largest absolute Gasteiger partial charge is 0.494 e. The van der Waals surface area contributed by atoms with Crippen LogP contribution < -0.4 is 15.6 Å². The zero-order valence-electron chi connectivity index (χ0n) is 19.0. The number of aromatic nitrogens is 3. The van der Waals surface area contributed by atoms with Gasteiger partial charge < -0.3 is 10.1 Å². The van der Waals surface area contributed by atoms with Crippen LogP contribution in [-0.4, -0.2) is 27.8 Å². The summed E-state index contributed by atoms with van der Waals surface area (Å²) < 4.78 is 20.7. The Labute approximate surface area is 209 Å². The molecule has 1 N–H and O–H groups in total. The fraction of sp³-hybridized carbons (Fsp3) is 0.0370. The van der Waals surface area contributed by atoms with Crippen molar-refractivity contribution in [3.8, 4) is 33.3 Å². The van der Waals surface area contributed by atoms with E-state index in [1.807, 2.05) is 18.2 Å². The van der Waals surface area contributed by atoms with Crippen molar-refractivity contribution in [3.05, 3.63) is 112 Å². The van der Waals surface area contributed by atoms with Crippen LogP contribution in [0.4, 0.5) is 10.1 Å².